The van der Waals surface area contributed by atoms with Crippen molar-refractivity contribution >= 4 is 10.9 Å². The number of benzene rings is 2. The van der Waals surface area contributed by atoms with Crippen LogP contribution in [0.25, 0.3) is 10.9 Å². The Morgan fingerprint density at radius 1 is 1.00 bits per heavy atom. The Hall–Kier alpha value is -4.44. The summed E-state index contributed by atoms with van der Waals surface area (Å²) in [6, 6.07) is 19.3. The summed E-state index contributed by atoms with van der Waals surface area (Å²) in [5.41, 5.74) is 2.27. The zero-order chi connectivity index (χ0) is 27.4. The summed E-state index contributed by atoms with van der Waals surface area (Å²) < 4.78 is 18.2. The van der Waals surface area contributed by atoms with Gasteiger partial charge in [-0.15, -0.1) is 5.10 Å². The number of aromatic amines is 1. The molecule has 0 saturated heterocycles. The molecule has 0 bridgehead atoms. The second-order valence-corrected chi connectivity index (χ2v) is 9.77. The molecule has 2 aromatic carbocycles. The Morgan fingerprint density at radius 3 is 2.46 bits per heavy atom. The number of pyridine rings is 1. The zero-order valence-electron chi connectivity index (χ0n) is 22.5. The molecule has 3 heterocycles. The number of nitrogens with one attached hydrogen (secondary N) is 1. The molecule has 0 amide bonds. The number of methoxy groups -OCH3 is 2. The minimum atomic E-state index is -0.185. The van der Waals surface area contributed by atoms with Gasteiger partial charge in [0.05, 0.1) is 32.0 Å². The molecule has 0 fully saturated rings. The predicted octanol–water partition coefficient (Wildman–Crippen LogP) is 4.57. The Bertz CT molecular complexity index is 1580. The summed E-state index contributed by atoms with van der Waals surface area (Å²) in [5.74, 6) is 2.76. The highest BCUT2D eigenvalue weighted by Crippen LogP contribution is 2.33. The molecule has 0 saturated carbocycles. The van der Waals surface area contributed by atoms with Crippen molar-refractivity contribution in [3.8, 4) is 11.5 Å². The molecule has 10 heteroatoms. The molecule has 1 atom stereocenters. The van der Waals surface area contributed by atoms with Gasteiger partial charge in [0.25, 0.3) is 5.56 Å². The minimum Gasteiger partial charge on any atom is -0.493 e. The van der Waals surface area contributed by atoms with Crippen molar-refractivity contribution in [2.24, 2.45) is 5.92 Å². The largest absolute Gasteiger partial charge is 0.493 e. The van der Waals surface area contributed by atoms with E-state index >= 15 is 0 Å². The molecule has 0 spiro atoms. The fraction of sp³-hybridized carbons (Fsp3) is 0.310. The number of nitrogens with zero attached hydrogens (tertiary/aromatic N) is 5. The monoisotopic (exact) mass is 528 g/mol. The lowest BCUT2D eigenvalue weighted by Gasteiger charge is -2.33. The molecule has 10 nitrogen and oxygen atoms in total. The van der Waals surface area contributed by atoms with Crippen molar-refractivity contribution in [3.05, 3.63) is 100.0 Å². The molecular formula is C29H32N6O4. The van der Waals surface area contributed by atoms with E-state index in [9.17, 15) is 4.79 Å². The standard InChI is InChI=1S/C29H32N6O4/c1-19(2)27(28-31-32-33-35(28)18-23-11-8-12-39-23)34(16-20-9-6-5-7-10-20)17-22-13-21-14-25(37-3)26(38-4)15-24(21)30-29(22)36/h5-15,19,27H,16-18H2,1-4H3,(H,30,36)/t27-/m0/s1. The van der Waals surface area contributed by atoms with Crippen LogP contribution in [0, 0.1) is 5.92 Å². The van der Waals surface area contributed by atoms with Crippen LogP contribution < -0.4 is 15.0 Å². The van der Waals surface area contributed by atoms with Gasteiger partial charge in [0.1, 0.15) is 12.3 Å². The average molecular weight is 529 g/mol. The number of ether oxygens (including phenoxy) is 2. The summed E-state index contributed by atoms with van der Waals surface area (Å²) >= 11 is 0. The number of tetrazole rings is 1. The lowest BCUT2D eigenvalue weighted by molar-refractivity contribution is 0.125. The van der Waals surface area contributed by atoms with Crippen molar-refractivity contribution in [2.75, 3.05) is 14.2 Å². The van der Waals surface area contributed by atoms with Gasteiger partial charge < -0.3 is 18.9 Å². The molecule has 3 aromatic heterocycles. The van der Waals surface area contributed by atoms with Crippen molar-refractivity contribution < 1.29 is 13.9 Å². The van der Waals surface area contributed by atoms with E-state index in [-0.39, 0.29) is 17.5 Å². The van der Waals surface area contributed by atoms with E-state index < -0.39 is 0 Å². The number of hydrogen-bond donors (Lipinski definition) is 1. The lowest BCUT2D eigenvalue weighted by Crippen LogP contribution is -2.35. The molecular weight excluding hydrogens is 496 g/mol. The quantitative estimate of drug-likeness (QED) is 0.265. The average Bonchev–Trinajstić information content (AvgIpc) is 3.62. The highest BCUT2D eigenvalue weighted by atomic mass is 16.5. The molecule has 5 aromatic rings. The van der Waals surface area contributed by atoms with Crippen LogP contribution in [0.3, 0.4) is 0 Å². The van der Waals surface area contributed by atoms with Crippen LogP contribution in [-0.2, 0) is 19.6 Å². The van der Waals surface area contributed by atoms with Gasteiger partial charge in [-0.25, -0.2) is 4.68 Å². The first-order valence-electron chi connectivity index (χ1n) is 12.8. The fourth-order valence-corrected chi connectivity index (χ4v) is 4.95. The number of rotatable bonds is 11. The lowest BCUT2D eigenvalue weighted by atomic mass is 9.99. The molecule has 0 aliphatic carbocycles. The van der Waals surface area contributed by atoms with Gasteiger partial charge in [-0.2, -0.15) is 0 Å². The number of fused-ring (bicyclic) bond motifs is 1. The molecule has 1 N–H and O–H groups in total. The van der Waals surface area contributed by atoms with E-state index in [1.165, 1.54) is 0 Å². The summed E-state index contributed by atoms with van der Waals surface area (Å²) in [4.78, 5) is 18.6. The number of H-pyrrole nitrogens is 1. The smallest absolute Gasteiger partial charge is 0.252 e. The first kappa shape index (κ1) is 26.2. The molecule has 0 aliphatic rings. The van der Waals surface area contributed by atoms with E-state index in [1.54, 1.807) is 31.2 Å². The maximum Gasteiger partial charge on any atom is 0.252 e. The minimum absolute atomic E-state index is 0.138. The van der Waals surface area contributed by atoms with Gasteiger partial charge in [0.15, 0.2) is 17.3 Å². The second kappa shape index (κ2) is 11.5. The van der Waals surface area contributed by atoms with Gasteiger partial charge in [0.2, 0.25) is 0 Å². The number of furan rings is 1. The Kier molecular flexibility index (Phi) is 7.74. The van der Waals surface area contributed by atoms with Gasteiger partial charge >= 0.3 is 0 Å². The molecule has 202 valence electrons. The predicted molar refractivity (Wildman–Crippen MR) is 147 cm³/mol. The molecule has 0 unspecified atom stereocenters. The Balaban J connectivity index is 1.56. The van der Waals surface area contributed by atoms with E-state index in [1.807, 2.05) is 42.5 Å². The third kappa shape index (κ3) is 5.70. The van der Waals surface area contributed by atoms with Crippen LogP contribution in [0.1, 0.15) is 42.6 Å². The summed E-state index contributed by atoms with van der Waals surface area (Å²) in [7, 11) is 3.17. The van der Waals surface area contributed by atoms with Crippen LogP contribution >= 0.6 is 0 Å². The normalized spacial score (nSPS) is 12.4. The van der Waals surface area contributed by atoms with Crippen molar-refractivity contribution in [1.29, 1.82) is 0 Å². The van der Waals surface area contributed by atoms with Crippen molar-refractivity contribution in [3.63, 3.8) is 0 Å². The second-order valence-electron chi connectivity index (χ2n) is 9.77. The third-order valence-electron chi connectivity index (χ3n) is 6.76. The van der Waals surface area contributed by atoms with Crippen LogP contribution in [-0.4, -0.2) is 44.3 Å². The molecule has 39 heavy (non-hydrogen) atoms. The fourth-order valence-electron chi connectivity index (χ4n) is 4.95. The van der Waals surface area contributed by atoms with Crippen LogP contribution in [0.4, 0.5) is 0 Å². The van der Waals surface area contributed by atoms with E-state index in [0.717, 1.165) is 16.7 Å². The number of hydrogen-bond acceptors (Lipinski definition) is 8. The molecule has 5 rings (SSSR count). The Labute approximate surface area is 226 Å². The number of aromatic nitrogens is 5. The van der Waals surface area contributed by atoms with Gasteiger partial charge in [-0.05, 0) is 46.2 Å². The van der Waals surface area contributed by atoms with Crippen molar-refractivity contribution in [2.45, 2.75) is 39.5 Å². The third-order valence-corrected chi connectivity index (χ3v) is 6.76. The highest BCUT2D eigenvalue weighted by Gasteiger charge is 2.30. The summed E-state index contributed by atoms with van der Waals surface area (Å²) in [5, 5.41) is 13.5. The molecule has 0 aliphatic heterocycles. The summed E-state index contributed by atoms with van der Waals surface area (Å²) in [6.45, 7) is 5.66. The maximum atomic E-state index is 13.3. The first-order chi connectivity index (χ1) is 19.0. The van der Waals surface area contributed by atoms with E-state index in [2.05, 4.69) is 51.4 Å². The van der Waals surface area contributed by atoms with Gasteiger partial charge in [-0.3, -0.25) is 9.69 Å². The zero-order valence-corrected chi connectivity index (χ0v) is 22.5. The first-order valence-corrected chi connectivity index (χ1v) is 12.8. The van der Waals surface area contributed by atoms with E-state index in [0.29, 0.717) is 48.0 Å². The highest BCUT2D eigenvalue weighted by molar-refractivity contribution is 5.83. The summed E-state index contributed by atoms with van der Waals surface area (Å²) in [6.07, 6.45) is 1.64. The van der Waals surface area contributed by atoms with Crippen LogP contribution in [0.2, 0.25) is 0 Å². The topological polar surface area (TPSA) is 111 Å². The molecule has 0 radical (unpaired) electrons. The maximum absolute atomic E-state index is 13.3. The Morgan fingerprint density at radius 2 is 1.77 bits per heavy atom. The SMILES string of the molecule is COc1cc2cc(CN(Cc3ccccc3)[C@H](c3nnnn3Cc3ccco3)C(C)C)c(=O)[nH]c2cc1OC. The van der Waals surface area contributed by atoms with Crippen LogP contribution in [0.15, 0.2) is 76.1 Å². The van der Waals surface area contributed by atoms with Gasteiger partial charge in [0, 0.05) is 30.1 Å². The van der Waals surface area contributed by atoms with E-state index in [4.69, 9.17) is 13.9 Å². The van der Waals surface area contributed by atoms with Crippen molar-refractivity contribution in [1.82, 2.24) is 30.1 Å². The van der Waals surface area contributed by atoms with Crippen LogP contribution in [0.5, 0.6) is 11.5 Å². The van der Waals surface area contributed by atoms with Gasteiger partial charge in [-0.1, -0.05) is 44.2 Å².